The lowest BCUT2D eigenvalue weighted by atomic mass is 10.2. The maximum Gasteiger partial charge on any atom is 0.261 e. The average Bonchev–Trinajstić information content (AvgIpc) is 2.81. The van der Waals surface area contributed by atoms with Gasteiger partial charge in [0.05, 0.1) is 21.8 Å². The summed E-state index contributed by atoms with van der Waals surface area (Å²) in [6.45, 7) is 6.54. The van der Waals surface area contributed by atoms with E-state index in [0.717, 1.165) is 12.2 Å². The van der Waals surface area contributed by atoms with Crippen LogP contribution in [0.4, 0.5) is 0 Å². The third kappa shape index (κ3) is 4.32. The zero-order chi connectivity index (χ0) is 22.9. The van der Waals surface area contributed by atoms with Crippen molar-refractivity contribution in [3.8, 4) is 0 Å². The minimum absolute atomic E-state index is 0.0248. The van der Waals surface area contributed by atoms with E-state index < -0.39 is 10.0 Å². The molecular formula is C23H27ClN4O3S. The minimum Gasteiger partial charge on any atom is -0.295 e. The van der Waals surface area contributed by atoms with Gasteiger partial charge < -0.3 is 0 Å². The van der Waals surface area contributed by atoms with E-state index in [1.807, 2.05) is 38.1 Å². The maximum atomic E-state index is 13.1. The number of piperazine rings is 1. The topological polar surface area (TPSA) is 75.5 Å². The first-order valence-corrected chi connectivity index (χ1v) is 12.6. The molecule has 1 aromatic heterocycles. The predicted octanol–water partition coefficient (Wildman–Crippen LogP) is 3.53. The van der Waals surface area contributed by atoms with Gasteiger partial charge in [0, 0.05) is 37.7 Å². The Morgan fingerprint density at radius 3 is 2.34 bits per heavy atom. The summed E-state index contributed by atoms with van der Waals surface area (Å²) in [6, 6.07) is 13.5. The summed E-state index contributed by atoms with van der Waals surface area (Å²) < 4.78 is 29.2. The molecule has 1 fully saturated rings. The number of aromatic nitrogens is 2. The summed E-state index contributed by atoms with van der Waals surface area (Å²) in [6.07, 6.45) is 0.826. The van der Waals surface area contributed by atoms with Crippen molar-refractivity contribution < 1.29 is 8.42 Å². The lowest BCUT2D eigenvalue weighted by Gasteiger charge is -2.37. The van der Waals surface area contributed by atoms with Crippen molar-refractivity contribution in [2.75, 3.05) is 26.2 Å². The van der Waals surface area contributed by atoms with Crippen molar-refractivity contribution in [2.24, 2.45) is 0 Å². The SMILES string of the molecule is CCCn1c(C(C)N2CCN(S(=O)(=O)c3ccc(Cl)cc3)CC2)nc2ccccc2c1=O. The fourth-order valence-electron chi connectivity index (χ4n) is 4.19. The van der Waals surface area contributed by atoms with Crippen LogP contribution in [0.5, 0.6) is 0 Å². The highest BCUT2D eigenvalue weighted by molar-refractivity contribution is 7.89. The second-order valence-corrected chi connectivity index (χ2v) is 10.4. The molecule has 9 heteroatoms. The number of halogens is 1. The average molecular weight is 475 g/mol. The number of rotatable bonds is 6. The molecule has 1 unspecified atom stereocenters. The minimum atomic E-state index is -3.57. The molecule has 1 aliphatic heterocycles. The molecule has 0 radical (unpaired) electrons. The van der Waals surface area contributed by atoms with E-state index in [2.05, 4.69) is 4.90 Å². The Kier molecular flexibility index (Phi) is 6.67. The molecule has 0 amide bonds. The number of nitrogens with zero attached hydrogens (tertiary/aromatic N) is 4. The number of hydrogen-bond acceptors (Lipinski definition) is 5. The lowest BCUT2D eigenvalue weighted by Crippen LogP contribution is -2.49. The van der Waals surface area contributed by atoms with Gasteiger partial charge >= 0.3 is 0 Å². The molecule has 32 heavy (non-hydrogen) atoms. The van der Waals surface area contributed by atoms with Crippen LogP contribution in [0.25, 0.3) is 10.9 Å². The van der Waals surface area contributed by atoms with Crippen molar-refractivity contribution in [3.63, 3.8) is 0 Å². The van der Waals surface area contributed by atoms with E-state index in [1.54, 1.807) is 16.7 Å². The van der Waals surface area contributed by atoms with Gasteiger partial charge in [-0.15, -0.1) is 0 Å². The van der Waals surface area contributed by atoms with Gasteiger partial charge in [-0.05, 0) is 49.7 Å². The van der Waals surface area contributed by atoms with Crippen LogP contribution >= 0.6 is 11.6 Å². The lowest BCUT2D eigenvalue weighted by molar-refractivity contribution is 0.138. The van der Waals surface area contributed by atoms with Crippen LogP contribution < -0.4 is 5.56 Å². The van der Waals surface area contributed by atoms with Crippen LogP contribution in [0.2, 0.25) is 5.02 Å². The van der Waals surface area contributed by atoms with Crippen LogP contribution in [0.1, 0.15) is 32.1 Å². The number of para-hydroxylation sites is 1. The van der Waals surface area contributed by atoms with E-state index >= 15 is 0 Å². The van der Waals surface area contributed by atoms with Crippen LogP contribution in [0.3, 0.4) is 0 Å². The number of fused-ring (bicyclic) bond motifs is 1. The Balaban J connectivity index is 1.56. The Hall–Kier alpha value is -2.26. The molecule has 3 aromatic rings. The Morgan fingerprint density at radius 1 is 1.03 bits per heavy atom. The number of sulfonamides is 1. The molecule has 0 spiro atoms. The molecule has 7 nitrogen and oxygen atoms in total. The first-order valence-electron chi connectivity index (χ1n) is 10.8. The molecule has 0 aliphatic carbocycles. The third-order valence-electron chi connectivity index (χ3n) is 5.98. The van der Waals surface area contributed by atoms with Gasteiger partial charge in [-0.2, -0.15) is 4.31 Å². The first kappa shape index (κ1) is 22.9. The molecule has 0 N–H and O–H groups in total. The molecule has 2 heterocycles. The van der Waals surface area contributed by atoms with Crippen LogP contribution in [-0.4, -0.2) is 53.4 Å². The van der Waals surface area contributed by atoms with Gasteiger partial charge in [0.15, 0.2) is 0 Å². The molecule has 1 saturated heterocycles. The normalized spacial score (nSPS) is 17.0. The second kappa shape index (κ2) is 9.31. The Bertz CT molecular complexity index is 1270. The highest BCUT2D eigenvalue weighted by atomic mass is 35.5. The van der Waals surface area contributed by atoms with Crippen LogP contribution in [-0.2, 0) is 16.6 Å². The van der Waals surface area contributed by atoms with Crippen molar-refractivity contribution in [2.45, 2.75) is 37.8 Å². The molecule has 1 aliphatic rings. The summed E-state index contributed by atoms with van der Waals surface area (Å²) in [5, 5.41) is 1.12. The summed E-state index contributed by atoms with van der Waals surface area (Å²) >= 11 is 5.90. The van der Waals surface area contributed by atoms with Gasteiger partial charge in [0.1, 0.15) is 5.82 Å². The zero-order valence-corrected chi connectivity index (χ0v) is 19.8. The van der Waals surface area contributed by atoms with Crippen molar-refractivity contribution in [3.05, 3.63) is 69.7 Å². The smallest absolute Gasteiger partial charge is 0.261 e. The van der Waals surface area contributed by atoms with E-state index in [-0.39, 0.29) is 16.5 Å². The fraction of sp³-hybridized carbons (Fsp3) is 0.391. The van der Waals surface area contributed by atoms with Gasteiger partial charge in [-0.1, -0.05) is 30.7 Å². The van der Waals surface area contributed by atoms with Crippen molar-refractivity contribution >= 4 is 32.5 Å². The van der Waals surface area contributed by atoms with E-state index in [4.69, 9.17) is 16.6 Å². The third-order valence-corrected chi connectivity index (χ3v) is 8.15. The largest absolute Gasteiger partial charge is 0.295 e. The summed E-state index contributed by atoms with van der Waals surface area (Å²) in [5.74, 6) is 0.726. The summed E-state index contributed by atoms with van der Waals surface area (Å²) in [7, 11) is -3.57. The fourth-order valence-corrected chi connectivity index (χ4v) is 5.74. The molecule has 4 rings (SSSR count). The number of benzene rings is 2. The molecule has 0 bridgehead atoms. The van der Waals surface area contributed by atoms with Gasteiger partial charge in [0.2, 0.25) is 10.0 Å². The van der Waals surface area contributed by atoms with Crippen LogP contribution in [0.15, 0.2) is 58.2 Å². The molecular weight excluding hydrogens is 448 g/mol. The molecule has 1 atom stereocenters. The molecule has 2 aromatic carbocycles. The molecule has 0 saturated carbocycles. The van der Waals surface area contributed by atoms with Crippen molar-refractivity contribution in [1.82, 2.24) is 18.8 Å². The second-order valence-electron chi connectivity index (χ2n) is 8.01. The van der Waals surface area contributed by atoms with Crippen LogP contribution in [0, 0.1) is 0 Å². The van der Waals surface area contributed by atoms with Crippen molar-refractivity contribution in [1.29, 1.82) is 0 Å². The highest BCUT2D eigenvalue weighted by Crippen LogP contribution is 2.25. The van der Waals surface area contributed by atoms with E-state index in [0.29, 0.717) is 48.6 Å². The standard InChI is InChI=1S/C23H27ClN4O3S/c1-3-12-28-22(25-21-7-5-4-6-20(21)23(28)29)17(2)26-13-15-27(16-14-26)32(30,31)19-10-8-18(24)9-11-19/h4-11,17H,3,12-16H2,1-2H3. The Morgan fingerprint density at radius 2 is 1.69 bits per heavy atom. The number of hydrogen-bond donors (Lipinski definition) is 0. The van der Waals surface area contributed by atoms with Gasteiger partial charge in [-0.3, -0.25) is 14.3 Å². The monoisotopic (exact) mass is 474 g/mol. The Labute approximate surface area is 193 Å². The zero-order valence-electron chi connectivity index (χ0n) is 18.2. The maximum absolute atomic E-state index is 13.1. The van der Waals surface area contributed by atoms with Gasteiger partial charge in [-0.25, -0.2) is 13.4 Å². The summed E-state index contributed by atoms with van der Waals surface area (Å²) in [4.78, 5) is 20.4. The quantitative estimate of drug-likeness (QED) is 0.546. The van der Waals surface area contributed by atoms with E-state index in [1.165, 1.54) is 16.4 Å². The van der Waals surface area contributed by atoms with E-state index in [9.17, 15) is 13.2 Å². The molecule has 170 valence electrons. The predicted molar refractivity (Wildman–Crippen MR) is 126 cm³/mol. The highest BCUT2D eigenvalue weighted by Gasteiger charge is 2.31. The first-order chi connectivity index (χ1) is 15.3. The van der Waals surface area contributed by atoms with Gasteiger partial charge in [0.25, 0.3) is 5.56 Å². The summed E-state index contributed by atoms with van der Waals surface area (Å²) in [5.41, 5.74) is 0.666.